The number of halogens is 2. The lowest BCUT2D eigenvalue weighted by molar-refractivity contribution is -0.142. The van der Waals surface area contributed by atoms with Crippen molar-refractivity contribution in [2.75, 3.05) is 11.4 Å². The van der Waals surface area contributed by atoms with Gasteiger partial charge in [0.05, 0.1) is 5.69 Å². The van der Waals surface area contributed by atoms with Crippen LogP contribution in [0.2, 0.25) is 10.0 Å². The zero-order valence-electron chi connectivity index (χ0n) is 22.2. The highest BCUT2D eigenvalue weighted by atomic mass is 35.5. The fourth-order valence-electron chi connectivity index (χ4n) is 4.96. The Bertz CT molecular complexity index is 1360. The van der Waals surface area contributed by atoms with E-state index in [1.165, 1.54) is 0 Å². The van der Waals surface area contributed by atoms with Crippen molar-refractivity contribution in [3.05, 3.63) is 75.8 Å². The van der Waals surface area contributed by atoms with Gasteiger partial charge in [-0.2, -0.15) is 0 Å². The molecule has 0 radical (unpaired) electrons. The molecule has 0 saturated carbocycles. The third kappa shape index (κ3) is 5.82. The Kier molecular flexibility index (Phi) is 8.34. The molecule has 1 N–H and O–H groups in total. The van der Waals surface area contributed by atoms with Crippen molar-refractivity contribution in [3.8, 4) is 0 Å². The van der Waals surface area contributed by atoms with Crippen LogP contribution < -0.4 is 10.2 Å². The first-order valence-electron chi connectivity index (χ1n) is 12.9. The highest BCUT2D eigenvalue weighted by molar-refractivity contribution is 6.36. The van der Waals surface area contributed by atoms with Gasteiger partial charge in [-0.25, -0.2) is 0 Å². The topological polar surface area (TPSA) is 69.7 Å². The van der Waals surface area contributed by atoms with E-state index in [-0.39, 0.29) is 30.7 Å². The Morgan fingerprint density at radius 2 is 1.63 bits per heavy atom. The quantitative estimate of drug-likeness (QED) is 0.324. The summed E-state index contributed by atoms with van der Waals surface area (Å²) in [5.41, 5.74) is 1.70. The van der Waals surface area contributed by atoms with Gasteiger partial charge in [-0.1, -0.05) is 60.5 Å². The van der Waals surface area contributed by atoms with E-state index < -0.39 is 11.6 Å². The number of carbonyl (C=O) groups is 3. The van der Waals surface area contributed by atoms with E-state index in [9.17, 15) is 14.4 Å². The second-order valence-corrected chi connectivity index (χ2v) is 11.4. The summed E-state index contributed by atoms with van der Waals surface area (Å²) >= 11 is 12.9. The third-order valence-corrected chi connectivity index (χ3v) is 7.40. The minimum atomic E-state index is -0.694. The fourth-order valence-corrected chi connectivity index (χ4v) is 5.48. The number of nitrogens with one attached hydrogen (secondary N) is 1. The van der Waals surface area contributed by atoms with Gasteiger partial charge >= 0.3 is 0 Å². The van der Waals surface area contributed by atoms with Gasteiger partial charge in [0.15, 0.2) is 0 Å². The molecule has 1 atom stereocenters. The first-order chi connectivity index (χ1) is 18.0. The molecule has 1 heterocycles. The molecule has 0 spiro atoms. The second-order valence-electron chi connectivity index (χ2n) is 10.6. The van der Waals surface area contributed by atoms with Gasteiger partial charge in [0, 0.05) is 51.6 Å². The third-order valence-electron chi connectivity index (χ3n) is 6.70. The lowest BCUT2D eigenvalue weighted by atomic mass is 10.0. The van der Waals surface area contributed by atoms with Gasteiger partial charge in [-0.05, 0) is 63.3 Å². The number of anilines is 1. The number of rotatable bonds is 9. The largest absolute Gasteiger partial charge is 0.350 e. The van der Waals surface area contributed by atoms with Crippen molar-refractivity contribution in [3.63, 3.8) is 0 Å². The summed E-state index contributed by atoms with van der Waals surface area (Å²) in [4.78, 5) is 43.3. The van der Waals surface area contributed by atoms with Crippen LogP contribution in [0.25, 0.3) is 10.8 Å². The van der Waals surface area contributed by atoms with Crippen LogP contribution in [0.3, 0.4) is 0 Å². The van der Waals surface area contributed by atoms with Crippen molar-refractivity contribution in [2.45, 2.75) is 65.1 Å². The second kappa shape index (κ2) is 11.3. The van der Waals surface area contributed by atoms with Gasteiger partial charge in [0.2, 0.25) is 11.8 Å². The Labute approximate surface area is 233 Å². The maximum Gasteiger partial charge on any atom is 0.258 e. The lowest BCUT2D eigenvalue weighted by Crippen LogP contribution is -2.53. The number of hydrogen-bond acceptors (Lipinski definition) is 3. The van der Waals surface area contributed by atoms with Crippen molar-refractivity contribution < 1.29 is 14.4 Å². The van der Waals surface area contributed by atoms with Crippen LogP contribution >= 0.6 is 23.2 Å². The van der Waals surface area contributed by atoms with Crippen molar-refractivity contribution >= 4 is 57.4 Å². The van der Waals surface area contributed by atoms with Crippen LogP contribution in [-0.2, 0) is 16.1 Å². The minimum Gasteiger partial charge on any atom is -0.350 e. The first-order valence-corrected chi connectivity index (χ1v) is 13.7. The number of benzene rings is 3. The maximum atomic E-state index is 13.7. The molecule has 200 valence electrons. The lowest BCUT2D eigenvalue weighted by Gasteiger charge is -2.33. The molecule has 38 heavy (non-hydrogen) atoms. The Balaban J connectivity index is 1.53. The monoisotopic (exact) mass is 553 g/mol. The Morgan fingerprint density at radius 1 is 1.00 bits per heavy atom. The molecule has 8 heteroatoms. The normalized spacial score (nSPS) is 13.6. The molecule has 0 saturated heterocycles. The van der Waals surface area contributed by atoms with Crippen LogP contribution in [0.1, 0.15) is 62.9 Å². The predicted octanol–water partition coefficient (Wildman–Crippen LogP) is 6.61. The van der Waals surface area contributed by atoms with E-state index in [0.717, 1.165) is 16.5 Å². The minimum absolute atomic E-state index is 0.0556. The zero-order chi connectivity index (χ0) is 27.6. The Morgan fingerprint density at radius 3 is 2.26 bits per heavy atom. The molecule has 0 fully saturated rings. The van der Waals surface area contributed by atoms with Crippen LogP contribution in [0, 0.1) is 0 Å². The molecule has 1 aliphatic heterocycles. The molecule has 1 aliphatic rings. The van der Waals surface area contributed by atoms with Crippen LogP contribution in [0.4, 0.5) is 5.69 Å². The number of carbonyl (C=O) groups excluding carboxylic acids is 3. The molecular formula is C30H33Cl2N3O3. The van der Waals surface area contributed by atoms with E-state index in [0.29, 0.717) is 40.6 Å². The molecule has 0 bridgehead atoms. The van der Waals surface area contributed by atoms with Gasteiger partial charge < -0.3 is 15.1 Å². The molecule has 0 aliphatic carbocycles. The average Bonchev–Trinajstić information content (AvgIpc) is 3.12. The summed E-state index contributed by atoms with van der Waals surface area (Å²) in [6.45, 7) is 8.09. The summed E-state index contributed by atoms with van der Waals surface area (Å²) in [6, 6.07) is 16.1. The SMILES string of the molecule is CC[C@@H](C(=O)NC(C)(C)C)N(Cc1c(Cl)cccc1Cl)C(=O)CCCN1C(=O)c2cccc3cccc1c23. The highest BCUT2D eigenvalue weighted by Gasteiger charge is 2.33. The molecule has 3 aromatic rings. The maximum absolute atomic E-state index is 13.7. The standard InChI is InChI=1S/C30H33Cl2N3O3/c1-5-24(28(37)33-30(2,3)4)35(18-21-22(31)13-8-14-23(21)32)26(36)16-9-17-34-25-15-7-11-19-10-6-12-20(27(19)25)29(34)38/h6-8,10-15,24H,5,9,16-18H2,1-4H3,(H,33,37)/t24-/m0/s1. The summed E-state index contributed by atoms with van der Waals surface area (Å²) in [6.07, 6.45) is 1.04. The average molecular weight is 555 g/mol. The van der Waals surface area contributed by atoms with E-state index >= 15 is 0 Å². The van der Waals surface area contributed by atoms with E-state index in [1.807, 2.05) is 64.1 Å². The van der Waals surface area contributed by atoms with E-state index in [4.69, 9.17) is 23.2 Å². The molecular weight excluding hydrogens is 521 g/mol. The van der Waals surface area contributed by atoms with Crippen LogP contribution in [-0.4, -0.2) is 40.7 Å². The van der Waals surface area contributed by atoms with Gasteiger partial charge in [-0.15, -0.1) is 0 Å². The molecule has 0 unspecified atom stereocenters. The molecule has 3 amide bonds. The highest BCUT2D eigenvalue weighted by Crippen LogP contribution is 2.37. The molecule has 0 aromatic heterocycles. The predicted molar refractivity (Wildman–Crippen MR) is 154 cm³/mol. The number of amides is 3. The Hall–Kier alpha value is -3.09. The number of nitrogens with zero attached hydrogens (tertiary/aromatic N) is 2. The van der Waals surface area contributed by atoms with Gasteiger partial charge in [-0.3, -0.25) is 14.4 Å². The van der Waals surface area contributed by atoms with Crippen LogP contribution in [0.5, 0.6) is 0 Å². The summed E-state index contributed by atoms with van der Waals surface area (Å²) < 4.78 is 0. The molecule has 3 aromatic carbocycles. The summed E-state index contributed by atoms with van der Waals surface area (Å²) in [5.74, 6) is -0.479. The zero-order valence-corrected chi connectivity index (χ0v) is 23.7. The van der Waals surface area contributed by atoms with Crippen molar-refractivity contribution in [1.29, 1.82) is 0 Å². The van der Waals surface area contributed by atoms with Crippen molar-refractivity contribution in [1.82, 2.24) is 10.2 Å². The fraction of sp³-hybridized carbons (Fsp3) is 0.367. The molecule has 4 rings (SSSR count). The number of hydrogen-bond donors (Lipinski definition) is 1. The van der Waals surface area contributed by atoms with Crippen molar-refractivity contribution in [2.24, 2.45) is 0 Å². The smallest absolute Gasteiger partial charge is 0.258 e. The van der Waals surface area contributed by atoms with E-state index in [2.05, 4.69) is 5.32 Å². The molecule has 6 nitrogen and oxygen atoms in total. The van der Waals surface area contributed by atoms with Crippen LogP contribution in [0.15, 0.2) is 54.6 Å². The van der Waals surface area contributed by atoms with Gasteiger partial charge in [0.25, 0.3) is 5.91 Å². The summed E-state index contributed by atoms with van der Waals surface area (Å²) in [5, 5.41) is 5.85. The summed E-state index contributed by atoms with van der Waals surface area (Å²) in [7, 11) is 0. The first kappa shape index (κ1) is 27.9. The van der Waals surface area contributed by atoms with E-state index in [1.54, 1.807) is 28.0 Å². The van der Waals surface area contributed by atoms with Gasteiger partial charge in [0.1, 0.15) is 6.04 Å².